The number of benzene rings is 3. The Labute approximate surface area is 215 Å². The Kier molecular flexibility index (Phi) is 6.86. The third-order valence-corrected chi connectivity index (χ3v) is 7.19. The highest BCUT2D eigenvalue weighted by atomic mass is 16.5. The lowest BCUT2D eigenvalue weighted by Gasteiger charge is -2.28. The molecule has 5 rings (SSSR count). The summed E-state index contributed by atoms with van der Waals surface area (Å²) in [6.45, 7) is 1.49. The Bertz CT molecular complexity index is 1340. The van der Waals surface area contributed by atoms with E-state index in [0.29, 0.717) is 24.2 Å². The number of imide groups is 1. The van der Waals surface area contributed by atoms with Gasteiger partial charge in [0.25, 0.3) is 5.91 Å². The zero-order chi connectivity index (χ0) is 25.9. The number of nitrogens with one attached hydrogen (secondary N) is 1. The normalized spacial score (nSPS) is 20.9. The van der Waals surface area contributed by atoms with E-state index in [9.17, 15) is 19.2 Å². The molecular weight excluding hydrogens is 468 g/mol. The van der Waals surface area contributed by atoms with Crippen LogP contribution in [0.15, 0.2) is 78.9 Å². The SMILES string of the molecule is Cc1cccc(NC(=O)COC(=O)c2ccc(N3C(=O)[C@@H]4CC[C@H](c5ccccc5)C[C@H]4C3=O)cc2)c1. The van der Waals surface area contributed by atoms with Crippen molar-refractivity contribution in [3.8, 4) is 0 Å². The van der Waals surface area contributed by atoms with Gasteiger partial charge in [0.05, 0.1) is 23.1 Å². The van der Waals surface area contributed by atoms with Crippen molar-refractivity contribution in [2.75, 3.05) is 16.8 Å². The van der Waals surface area contributed by atoms with E-state index in [4.69, 9.17) is 4.74 Å². The fraction of sp³-hybridized carbons (Fsp3) is 0.267. The second-order valence-corrected chi connectivity index (χ2v) is 9.69. The molecule has 1 heterocycles. The molecule has 1 aliphatic carbocycles. The number of rotatable bonds is 6. The van der Waals surface area contributed by atoms with Crippen molar-refractivity contribution < 1.29 is 23.9 Å². The van der Waals surface area contributed by atoms with Gasteiger partial charge in [0.2, 0.25) is 11.8 Å². The highest BCUT2D eigenvalue weighted by Gasteiger charge is 2.50. The van der Waals surface area contributed by atoms with E-state index in [2.05, 4.69) is 17.4 Å². The van der Waals surface area contributed by atoms with E-state index >= 15 is 0 Å². The summed E-state index contributed by atoms with van der Waals surface area (Å²) >= 11 is 0. The average Bonchev–Trinajstić information content (AvgIpc) is 3.17. The summed E-state index contributed by atoms with van der Waals surface area (Å²) in [4.78, 5) is 52.2. The molecule has 0 aromatic heterocycles. The van der Waals surface area contributed by atoms with Gasteiger partial charge in [-0.2, -0.15) is 0 Å². The highest BCUT2D eigenvalue weighted by molar-refractivity contribution is 6.22. The number of nitrogens with zero attached hydrogens (tertiary/aromatic N) is 1. The van der Waals surface area contributed by atoms with E-state index in [-0.39, 0.29) is 35.1 Å². The zero-order valence-corrected chi connectivity index (χ0v) is 20.6. The van der Waals surface area contributed by atoms with Crippen molar-refractivity contribution in [3.05, 3.63) is 95.6 Å². The van der Waals surface area contributed by atoms with Crippen molar-refractivity contribution >= 4 is 35.1 Å². The average molecular weight is 497 g/mol. The van der Waals surface area contributed by atoms with Crippen LogP contribution in [0.2, 0.25) is 0 Å². The molecule has 1 aliphatic heterocycles. The van der Waals surface area contributed by atoms with Gasteiger partial charge >= 0.3 is 5.97 Å². The van der Waals surface area contributed by atoms with Crippen LogP contribution in [0.5, 0.6) is 0 Å². The molecule has 188 valence electrons. The molecule has 1 saturated heterocycles. The van der Waals surface area contributed by atoms with Crippen molar-refractivity contribution in [1.29, 1.82) is 0 Å². The summed E-state index contributed by atoms with van der Waals surface area (Å²) in [7, 11) is 0. The Hall–Kier alpha value is -4.26. The molecule has 2 aliphatic rings. The van der Waals surface area contributed by atoms with E-state index < -0.39 is 18.5 Å². The maximum atomic E-state index is 13.3. The zero-order valence-electron chi connectivity index (χ0n) is 20.6. The first-order chi connectivity index (χ1) is 17.9. The monoisotopic (exact) mass is 496 g/mol. The fourth-order valence-electron chi connectivity index (χ4n) is 5.34. The summed E-state index contributed by atoms with van der Waals surface area (Å²) in [6, 6.07) is 23.6. The first-order valence-electron chi connectivity index (χ1n) is 12.5. The van der Waals surface area contributed by atoms with Gasteiger partial charge in [-0.3, -0.25) is 19.3 Å². The lowest BCUT2D eigenvalue weighted by molar-refractivity contribution is -0.122. The number of anilines is 2. The first kappa shape index (κ1) is 24.4. The Morgan fingerprint density at radius 1 is 0.892 bits per heavy atom. The number of ether oxygens (including phenoxy) is 1. The van der Waals surface area contributed by atoms with Crippen LogP contribution in [0, 0.1) is 18.8 Å². The fourth-order valence-corrected chi connectivity index (χ4v) is 5.34. The molecule has 7 heteroatoms. The van der Waals surface area contributed by atoms with Crippen LogP contribution in [-0.2, 0) is 19.1 Å². The van der Waals surface area contributed by atoms with Crippen molar-refractivity contribution in [2.24, 2.45) is 11.8 Å². The van der Waals surface area contributed by atoms with Gasteiger partial charge in [0.15, 0.2) is 6.61 Å². The van der Waals surface area contributed by atoms with Gasteiger partial charge in [-0.25, -0.2) is 4.79 Å². The quantitative estimate of drug-likeness (QED) is 0.389. The molecule has 0 radical (unpaired) electrons. The predicted octanol–water partition coefficient (Wildman–Crippen LogP) is 4.86. The molecule has 3 aromatic carbocycles. The lowest BCUT2D eigenvalue weighted by atomic mass is 9.73. The number of hydrogen-bond acceptors (Lipinski definition) is 5. The van der Waals surface area contributed by atoms with Gasteiger partial charge in [0, 0.05) is 5.69 Å². The molecule has 2 fully saturated rings. The third kappa shape index (κ3) is 5.16. The Balaban J connectivity index is 1.20. The van der Waals surface area contributed by atoms with Crippen LogP contribution in [0.1, 0.15) is 46.7 Å². The number of carbonyl (C=O) groups is 4. The number of fused-ring (bicyclic) bond motifs is 1. The van der Waals surface area contributed by atoms with Crippen molar-refractivity contribution in [1.82, 2.24) is 0 Å². The molecule has 1 N–H and O–H groups in total. The van der Waals surface area contributed by atoms with Gasteiger partial charge < -0.3 is 10.1 Å². The molecule has 1 saturated carbocycles. The minimum atomic E-state index is -0.663. The maximum Gasteiger partial charge on any atom is 0.338 e. The van der Waals surface area contributed by atoms with E-state index in [1.54, 1.807) is 18.2 Å². The smallest absolute Gasteiger partial charge is 0.338 e. The van der Waals surface area contributed by atoms with Gasteiger partial charge in [-0.1, -0.05) is 42.5 Å². The van der Waals surface area contributed by atoms with E-state index in [1.165, 1.54) is 22.6 Å². The minimum absolute atomic E-state index is 0.176. The second-order valence-electron chi connectivity index (χ2n) is 9.69. The number of carbonyl (C=O) groups excluding carboxylic acids is 4. The van der Waals surface area contributed by atoms with Crippen LogP contribution in [0.3, 0.4) is 0 Å². The Morgan fingerprint density at radius 2 is 1.62 bits per heavy atom. The van der Waals surface area contributed by atoms with E-state index in [0.717, 1.165) is 12.0 Å². The standard InChI is InChI=1S/C30H28N2O5/c1-19-6-5-9-23(16-19)31-27(33)18-37-30(36)21-10-13-24(14-11-21)32-28(34)25-15-12-22(17-26(25)29(32)35)20-7-3-2-4-8-20/h2-11,13-14,16,22,25-26H,12,15,17-18H2,1H3,(H,31,33)/t22-,25+,26+/m0/s1. The summed E-state index contributed by atoms with van der Waals surface area (Å²) in [5, 5.41) is 2.69. The first-order valence-corrected chi connectivity index (χ1v) is 12.5. The second kappa shape index (κ2) is 10.4. The summed E-state index contributed by atoms with van der Waals surface area (Å²) in [5.41, 5.74) is 3.50. The van der Waals surface area contributed by atoms with Crippen LogP contribution in [0.4, 0.5) is 11.4 Å². The number of hydrogen-bond donors (Lipinski definition) is 1. The van der Waals surface area contributed by atoms with Crippen molar-refractivity contribution in [3.63, 3.8) is 0 Å². The number of amides is 3. The maximum absolute atomic E-state index is 13.3. The summed E-state index contributed by atoms with van der Waals surface area (Å²) in [5.74, 6) is -1.83. The van der Waals surface area contributed by atoms with Gasteiger partial charge in [-0.15, -0.1) is 0 Å². The largest absolute Gasteiger partial charge is 0.452 e. The molecular formula is C30H28N2O5. The minimum Gasteiger partial charge on any atom is -0.452 e. The molecule has 0 unspecified atom stereocenters. The molecule has 37 heavy (non-hydrogen) atoms. The lowest BCUT2D eigenvalue weighted by Crippen LogP contribution is -2.30. The highest BCUT2D eigenvalue weighted by Crippen LogP contribution is 2.45. The molecule has 3 amide bonds. The predicted molar refractivity (Wildman–Crippen MR) is 139 cm³/mol. The summed E-state index contributed by atoms with van der Waals surface area (Å²) < 4.78 is 5.13. The third-order valence-electron chi connectivity index (χ3n) is 7.19. The Morgan fingerprint density at radius 3 is 2.35 bits per heavy atom. The number of aryl methyl sites for hydroxylation is 1. The van der Waals surface area contributed by atoms with Crippen LogP contribution < -0.4 is 10.2 Å². The topological polar surface area (TPSA) is 92.8 Å². The molecule has 3 atom stereocenters. The van der Waals surface area contributed by atoms with Crippen molar-refractivity contribution in [2.45, 2.75) is 32.1 Å². The summed E-state index contributed by atoms with van der Waals surface area (Å²) in [6.07, 6.45) is 2.21. The van der Waals surface area contributed by atoms with Crippen LogP contribution in [-0.4, -0.2) is 30.3 Å². The van der Waals surface area contributed by atoms with Crippen LogP contribution in [0.25, 0.3) is 0 Å². The number of esters is 1. The molecule has 3 aromatic rings. The van der Waals surface area contributed by atoms with Crippen LogP contribution >= 0.6 is 0 Å². The molecule has 7 nitrogen and oxygen atoms in total. The van der Waals surface area contributed by atoms with Gasteiger partial charge in [0.1, 0.15) is 0 Å². The molecule has 0 bridgehead atoms. The van der Waals surface area contributed by atoms with Gasteiger partial charge in [-0.05, 0) is 79.6 Å². The van der Waals surface area contributed by atoms with E-state index in [1.807, 2.05) is 43.3 Å². The molecule has 0 spiro atoms.